The van der Waals surface area contributed by atoms with Gasteiger partial charge in [-0.25, -0.2) is 4.99 Å². The molecule has 28 heavy (non-hydrogen) atoms. The van der Waals surface area contributed by atoms with Gasteiger partial charge in [-0.15, -0.1) is 24.0 Å². The fourth-order valence-electron chi connectivity index (χ4n) is 3.84. The van der Waals surface area contributed by atoms with Crippen molar-refractivity contribution in [2.75, 3.05) is 19.6 Å². The third-order valence-electron chi connectivity index (χ3n) is 5.31. The fourth-order valence-corrected chi connectivity index (χ4v) is 4.30. The van der Waals surface area contributed by atoms with Crippen molar-refractivity contribution in [2.45, 2.75) is 51.6 Å². The van der Waals surface area contributed by atoms with E-state index in [1.165, 1.54) is 12.8 Å². The standard InChI is InChI=1S/C20H28Cl2N4O.HI/c1-2-23-20(24-12-15-7-8-16(21)11-18(15)22)25-17-9-10-26(13-17)19(27)14-5-3-4-6-14;/h7-8,11,14,17H,2-6,9-10,12-13H2,1H3,(H2,23,24,25);1H. The first-order chi connectivity index (χ1) is 13.1. The number of nitrogens with zero attached hydrogens (tertiary/aromatic N) is 2. The smallest absolute Gasteiger partial charge is 0.225 e. The molecule has 1 aromatic rings. The van der Waals surface area contributed by atoms with Gasteiger partial charge in [0.25, 0.3) is 0 Å². The van der Waals surface area contributed by atoms with Gasteiger partial charge in [0.1, 0.15) is 0 Å². The first kappa shape index (κ1) is 23.5. The van der Waals surface area contributed by atoms with Gasteiger partial charge >= 0.3 is 0 Å². The van der Waals surface area contributed by atoms with Crippen LogP contribution in [-0.4, -0.2) is 42.4 Å². The minimum absolute atomic E-state index is 0. The number of guanidine groups is 1. The van der Waals surface area contributed by atoms with Gasteiger partial charge in [0.2, 0.25) is 5.91 Å². The van der Waals surface area contributed by atoms with Crippen LogP contribution in [0.25, 0.3) is 0 Å². The van der Waals surface area contributed by atoms with E-state index < -0.39 is 0 Å². The maximum absolute atomic E-state index is 12.6. The molecule has 1 aromatic carbocycles. The maximum Gasteiger partial charge on any atom is 0.225 e. The Hall–Kier alpha value is -0.730. The Balaban J connectivity index is 0.00000280. The van der Waals surface area contributed by atoms with E-state index in [0.29, 0.717) is 22.5 Å². The van der Waals surface area contributed by atoms with Crippen LogP contribution >= 0.6 is 47.2 Å². The van der Waals surface area contributed by atoms with Crippen LogP contribution in [0.15, 0.2) is 23.2 Å². The number of amides is 1. The Morgan fingerprint density at radius 3 is 2.68 bits per heavy atom. The molecule has 1 saturated heterocycles. The van der Waals surface area contributed by atoms with Crippen molar-refractivity contribution >= 4 is 59.0 Å². The molecule has 3 rings (SSSR count). The Kier molecular flexibility index (Phi) is 9.63. The van der Waals surface area contributed by atoms with Crippen molar-refractivity contribution in [2.24, 2.45) is 10.9 Å². The molecule has 2 aliphatic rings. The van der Waals surface area contributed by atoms with Gasteiger partial charge in [0, 0.05) is 41.6 Å². The largest absolute Gasteiger partial charge is 0.357 e. The number of hydrogen-bond donors (Lipinski definition) is 2. The summed E-state index contributed by atoms with van der Waals surface area (Å²) in [6.07, 6.45) is 5.44. The fraction of sp³-hybridized carbons (Fsp3) is 0.600. The SMILES string of the molecule is CCNC(=NCc1ccc(Cl)cc1Cl)NC1CCN(C(=O)C2CCCC2)C1.I. The molecule has 1 amide bonds. The Morgan fingerprint density at radius 2 is 2.00 bits per heavy atom. The number of carbonyl (C=O) groups is 1. The van der Waals surface area contributed by atoms with E-state index in [1.54, 1.807) is 6.07 Å². The van der Waals surface area contributed by atoms with Crippen molar-refractivity contribution in [1.29, 1.82) is 0 Å². The summed E-state index contributed by atoms with van der Waals surface area (Å²) >= 11 is 12.2. The van der Waals surface area contributed by atoms with Gasteiger partial charge in [-0.2, -0.15) is 0 Å². The van der Waals surface area contributed by atoms with E-state index in [4.69, 9.17) is 23.2 Å². The Labute approximate surface area is 194 Å². The van der Waals surface area contributed by atoms with E-state index in [1.807, 2.05) is 24.0 Å². The van der Waals surface area contributed by atoms with Crippen LogP contribution in [0.3, 0.4) is 0 Å². The number of aliphatic imine (C=N–C) groups is 1. The summed E-state index contributed by atoms with van der Waals surface area (Å²) in [5, 5.41) is 7.99. The maximum atomic E-state index is 12.6. The molecular weight excluding hydrogens is 510 g/mol. The lowest BCUT2D eigenvalue weighted by Crippen LogP contribution is -2.45. The van der Waals surface area contributed by atoms with Crippen molar-refractivity contribution in [1.82, 2.24) is 15.5 Å². The zero-order valence-corrected chi connectivity index (χ0v) is 20.1. The summed E-state index contributed by atoms with van der Waals surface area (Å²) in [5.41, 5.74) is 0.933. The summed E-state index contributed by atoms with van der Waals surface area (Å²) in [6, 6.07) is 5.68. The Bertz CT molecular complexity index is 695. The first-order valence-corrected chi connectivity index (χ1v) is 10.6. The second kappa shape index (κ2) is 11.5. The molecule has 5 nitrogen and oxygen atoms in total. The molecule has 0 bridgehead atoms. The van der Waals surface area contributed by atoms with Crippen LogP contribution in [0.1, 0.15) is 44.6 Å². The molecule has 8 heteroatoms. The van der Waals surface area contributed by atoms with Crippen LogP contribution in [0, 0.1) is 5.92 Å². The van der Waals surface area contributed by atoms with Gasteiger partial charge in [-0.3, -0.25) is 4.79 Å². The van der Waals surface area contributed by atoms with E-state index >= 15 is 0 Å². The van der Waals surface area contributed by atoms with Crippen molar-refractivity contribution in [3.63, 3.8) is 0 Å². The van der Waals surface area contributed by atoms with Gasteiger partial charge in [-0.1, -0.05) is 42.1 Å². The molecule has 0 spiro atoms. The molecule has 1 heterocycles. The van der Waals surface area contributed by atoms with Gasteiger partial charge < -0.3 is 15.5 Å². The van der Waals surface area contributed by atoms with Gasteiger partial charge in [-0.05, 0) is 43.9 Å². The van der Waals surface area contributed by atoms with E-state index in [2.05, 4.69) is 15.6 Å². The van der Waals surface area contributed by atoms with Crippen molar-refractivity contribution in [3.05, 3.63) is 33.8 Å². The second-order valence-electron chi connectivity index (χ2n) is 7.33. The number of likely N-dealkylation sites (tertiary alicyclic amines) is 1. The number of halogens is 3. The van der Waals surface area contributed by atoms with E-state index in [0.717, 1.165) is 50.4 Å². The quantitative estimate of drug-likeness (QED) is 0.330. The van der Waals surface area contributed by atoms with Gasteiger partial charge in [0.05, 0.1) is 6.54 Å². The number of benzene rings is 1. The third-order valence-corrected chi connectivity index (χ3v) is 5.90. The average Bonchev–Trinajstić information content (AvgIpc) is 3.32. The summed E-state index contributed by atoms with van der Waals surface area (Å²) in [4.78, 5) is 19.3. The normalized spacial score (nSPS) is 20.2. The molecular formula is C20H29Cl2IN4O. The molecule has 1 atom stereocenters. The first-order valence-electron chi connectivity index (χ1n) is 9.84. The second-order valence-corrected chi connectivity index (χ2v) is 8.17. The number of hydrogen-bond acceptors (Lipinski definition) is 2. The minimum Gasteiger partial charge on any atom is -0.357 e. The zero-order valence-electron chi connectivity index (χ0n) is 16.2. The van der Waals surface area contributed by atoms with Gasteiger partial charge in [0.15, 0.2) is 5.96 Å². The number of carbonyl (C=O) groups excluding carboxylic acids is 1. The van der Waals surface area contributed by atoms with E-state index in [-0.39, 0.29) is 35.9 Å². The summed E-state index contributed by atoms with van der Waals surface area (Å²) in [7, 11) is 0. The summed E-state index contributed by atoms with van der Waals surface area (Å²) in [5.74, 6) is 1.34. The predicted molar refractivity (Wildman–Crippen MR) is 127 cm³/mol. The molecule has 0 aromatic heterocycles. The molecule has 1 saturated carbocycles. The topological polar surface area (TPSA) is 56.7 Å². The lowest BCUT2D eigenvalue weighted by Gasteiger charge is -2.21. The van der Waals surface area contributed by atoms with Crippen LogP contribution in [0.5, 0.6) is 0 Å². The average molecular weight is 539 g/mol. The highest BCUT2D eigenvalue weighted by Crippen LogP contribution is 2.28. The van der Waals surface area contributed by atoms with Crippen LogP contribution in [0.4, 0.5) is 0 Å². The molecule has 1 aliphatic carbocycles. The zero-order chi connectivity index (χ0) is 19.2. The Morgan fingerprint density at radius 1 is 1.25 bits per heavy atom. The molecule has 0 radical (unpaired) electrons. The molecule has 2 fully saturated rings. The molecule has 156 valence electrons. The lowest BCUT2D eigenvalue weighted by molar-refractivity contribution is -0.134. The minimum atomic E-state index is 0. The summed E-state index contributed by atoms with van der Waals surface area (Å²) in [6.45, 7) is 4.87. The summed E-state index contributed by atoms with van der Waals surface area (Å²) < 4.78 is 0. The van der Waals surface area contributed by atoms with Crippen LogP contribution in [-0.2, 0) is 11.3 Å². The highest BCUT2D eigenvalue weighted by Gasteiger charge is 2.32. The monoisotopic (exact) mass is 538 g/mol. The third kappa shape index (κ3) is 6.39. The van der Waals surface area contributed by atoms with Crippen molar-refractivity contribution < 1.29 is 4.79 Å². The predicted octanol–water partition coefficient (Wildman–Crippen LogP) is 4.46. The van der Waals surface area contributed by atoms with E-state index in [9.17, 15) is 4.79 Å². The molecule has 1 aliphatic heterocycles. The number of rotatable bonds is 5. The lowest BCUT2D eigenvalue weighted by atomic mass is 10.1. The number of nitrogens with one attached hydrogen (secondary N) is 2. The van der Waals surface area contributed by atoms with Crippen LogP contribution < -0.4 is 10.6 Å². The molecule has 1 unspecified atom stereocenters. The highest BCUT2D eigenvalue weighted by molar-refractivity contribution is 14.0. The highest BCUT2D eigenvalue weighted by atomic mass is 127. The van der Waals surface area contributed by atoms with Crippen LogP contribution in [0.2, 0.25) is 10.0 Å². The van der Waals surface area contributed by atoms with Crippen molar-refractivity contribution in [3.8, 4) is 0 Å². The molecule has 2 N–H and O–H groups in total.